The summed E-state index contributed by atoms with van der Waals surface area (Å²) in [5.74, 6) is 0.489. The second-order valence-corrected chi connectivity index (χ2v) is 4.98. The first-order valence-corrected chi connectivity index (χ1v) is 6.79. The summed E-state index contributed by atoms with van der Waals surface area (Å²) in [5, 5.41) is 0. The molecule has 2 heterocycles. The fourth-order valence-electron chi connectivity index (χ4n) is 2.28. The van der Waals surface area contributed by atoms with Crippen LogP contribution in [0.4, 0.5) is 19.0 Å². The quantitative estimate of drug-likeness (QED) is 0.844. The summed E-state index contributed by atoms with van der Waals surface area (Å²) in [4.78, 5) is 11.7. The van der Waals surface area contributed by atoms with Gasteiger partial charge in [-0.15, -0.1) is 0 Å². The summed E-state index contributed by atoms with van der Waals surface area (Å²) in [5.41, 5.74) is -0.883. The molecule has 0 unspecified atom stereocenters. The first kappa shape index (κ1) is 16.0. The predicted octanol–water partition coefficient (Wildman–Crippen LogP) is 1.57. The van der Waals surface area contributed by atoms with E-state index < -0.39 is 11.9 Å². The second-order valence-electron chi connectivity index (χ2n) is 4.98. The van der Waals surface area contributed by atoms with Gasteiger partial charge in [0.25, 0.3) is 0 Å². The molecule has 1 aliphatic rings. The molecule has 0 atom stereocenters. The fourth-order valence-corrected chi connectivity index (χ4v) is 2.28. The highest BCUT2D eigenvalue weighted by Crippen LogP contribution is 2.29. The number of nitrogens with zero attached hydrogens (tertiary/aromatic N) is 4. The van der Waals surface area contributed by atoms with Crippen LogP contribution in [0.15, 0.2) is 6.07 Å². The molecule has 0 spiro atoms. The number of aryl methyl sites for hydroxylation is 1. The van der Waals surface area contributed by atoms with E-state index in [4.69, 9.17) is 4.74 Å². The molecule has 0 amide bonds. The maximum atomic E-state index is 12.8. The molecule has 5 nitrogen and oxygen atoms in total. The molecule has 1 aromatic rings. The van der Waals surface area contributed by atoms with E-state index in [0.717, 1.165) is 25.7 Å². The summed E-state index contributed by atoms with van der Waals surface area (Å²) >= 11 is 0. The number of piperazine rings is 1. The highest BCUT2D eigenvalue weighted by molar-refractivity contribution is 5.41. The van der Waals surface area contributed by atoms with E-state index in [9.17, 15) is 13.2 Å². The van der Waals surface area contributed by atoms with E-state index in [0.29, 0.717) is 25.5 Å². The third-order valence-electron chi connectivity index (χ3n) is 3.42. The minimum Gasteiger partial charge on any atom is -0.383 e. The molecule has 8 heteroatoms. The van der Waals surface area contributed by atoms with Crippen molar-refractivity contribution >= 4 is 5.82 Å². The third kappa shape index (κ3) is 4.28. The summed E-state index contributed by atoms with van der Waals surface area (Å²) in [6.07, 6.45) is -4.44. The Hall–Kier alpha value is -1.41. The van der Waals surface area contributed by atoms with Gasteiger partial charge >= 0.3 is 6.18 Å². The van der Waals surface area contributed by atoms with E-state index in [1.807, 2.05) is 4.90 Å². The Morgan fingerprint density at radius 3 is 2.43 bits per heavy atom. The average molecular weight is 304 g/mol. The number of halogens is 3. The van der Waals surface area contributed by atoms with Gasteiger partial charge in [0.2, 0.25) is 0 Å². The van der Waals surface area contributed by atoms with Crippen LogP contribution in [-0.4, -0.2) is 61.3 Å². The lowest BCUT2D eigenvalue weighted by atomic mass is 10.3. The molecule has 0 radical (unpaired) electrons. The number of aromatic nitrogens is 2. The van der Waals surface area contributed by atoms with Crippen molar-refractivity contribution in [3.63, 3.8) is 0 Å². The molecule has 1 aromatic heterocycles. The third-order valence-corrected chi connectivity index (χ3v) is 3.42. The highest BCUT2D eigenvalue weighted by atomic mass is 19.4. The van der Waals surface area contributed by atoms with Gasteiger partial charge in [-0.05, 0) is 6.92 Å². The zero-order chi connectivity index (χ0) is 15.5. The SMILES string of the molecule is COCCN1CCN(c2cc(C(F)(F)F)nc(C)n2)CC1. The van der Waals surface area contributed by atoms with Gasteiger partial charge in [0.15, 0.2) is 0 Å². The molecule has 1 saturated heterocycles. The van der Waals surface area contributed by atoms with Gasteiger partial charge in [-0.3, -0.25) is 4.90 Å². The summed E-state index contributed by atoms with van der Waals surface area (Å²) < 4.78 is 43.4. The Bertz CT molecular complexity index is 473. The van der Waals surface area contributed by atoms with Crippen molar-refractivity contribution < 1.29 is 17.9 Å². The zero-order valence-corrected chi connectivity index (χ0v) is 12.2. The van der Waals surface area contributed by atoms with Gasteiger partial charge < -0.3 is 9.64 Å². The molecule has 21 heavy (non-hydrogen) atoms. The van der Waals surface area contributed by atoms with Crippen LogP contribution in [0.2, 0.25) is 0 Å². The standard InChI is InChI=1S/C13H19F3N4O/c1-10-17-11(13(14,15)16)9-12(18-10)20-5-3-19(4-6-20)7-8-21-2/h9H,3-8H2,1-2H3. The smallest absolute Gasteiger partial charge is 0.383 e. The molecule has 118 valence electrons. The lowest BCUT2D eigenvalue weighted by Gasteiger charge is -2.35. The van der Waals surface area contributed by atoms with Gasteiger partial charge in [0.05, 0.1) is 6.61 Å². The van der Waals surface area contributed by atoms with Crippen LogP contribution in [0.1, 0.15) is 11.5 Å². The van der Waals surface area contributed by atoms with E-state index in [-0.39, 0.29) is 5.82 Å². The van der Waals surface area contributed by atoms with Crippen LogP contribution in [0.25, 0.3) is 0 Å². The first-order chi connectivity index (χ1) is 9.90. The Morgan fingerprint density at radius 2 is 1.86 bits per heavy atom. The maximum Gasteiger partial charge on any atom is 0.433 e. The normalized spacial score (nSPS) is 17.3. The number of ether oxygens (including phenoxy) is 1. The van der Waals surface area contributed by atoms with Gasteiger partial charge in [0.1, 0.15) is 17.3 Å². The molecular weight excluding hydrogens is 285 g/mol. The number of alkyl halides is 3. The fraction of sp³-hybridized carbons (Fsp3) is 0.692. The van der Waals surface area contributed by atoms with Crippen LogP contribution < -0.4 is 4.90 Å². The molecular formula is C13H19F3N4O. The topological polar surface area (TPSA) is 41.5 Å². The molecule has 2 rings (SSSR count). The molecule has 0 bridgehead atoms. The van der Waals surface area contributed by atoms with E-state index in [1.54, 1.807) is 7.11 Å². The minimum absolute atomic E-state index is 0.140. The Kier molecular flexibility index (Phi) is 5.00. The molecule has 0 N–H and O–H groups in total. The number of hydrogen-bond donors (Lipinski definition) is 0. The second kappa shape index (κ2) is 6.57. The van der Waals surface area contributed by atoms with Crippen molar-refractivity contribution in [3.05, 3.63) is 17.6 Å². The monoisotopic (exact) mass is 304 g/mol. The van der Waals surface area contributed by atoms with Crippen LogP contribution in [0.3, 0.4) is 0 Å². The zero-order valence-electron chi connectivity index (χ0n) is 12.2. The Balaban J connectivity index is 2.05. The van der Waals surface area contributed by atoms with Crippen molar-refractivity contribution in [1.29, 1.82) is 0 Å². The van der Waals surface area contributed by atoms with Gasteiger partial charge in [-0.2, -0.15) is 13.2 Å². The summed E-state index contributed by atoms with van der Waals surface area (Å²) in [7, 11) is 1.65. The van der Waals surface area contributed by atoms with Gasteiger partial charge in [-0.1, -0.05) is 0 Å². The Labute approximate surface area is 121 Å². The average Bonchev–Trinajstić information content (AvgIpc) is 2.44. The molecule has 0 aliphatic carbocycles. The largest absolute Gasteiger partial charge is 0.433 e. The number of methoxy groups -OCH3 is 1. The summed E-state index contributed by atoms with van der Waals surface area (Å²) in [6, 6.07) is 1.03. The maximum absolute atomic E-state index is 12.8. The minimum atomic E-state index is -4.44. The lowest BCUT2D eigenvalue weighted by Crippen LogP contribution is -2.47. The van der Waals surface area contributed by atoms with Crippen molar-refractivity contribution in [2.45, 2.75) is 13.1 Å². The van der Waals surface area contributed by atoms with Crippen LogP contribution in [-0.2, 0) is 10.9 Å². The first-order valence-electron chi connectivity index (χ1n) is 6.79. The molecule has 1 fully saturated rings. The van der Waals surface area contributed by atoms with E-state index in [1.165, 1.54) is 6.92 Å². The van der Waals surface area contributed by atoms with Crippen LogP contribution in [0, 0.1) is 6.92 Å². The summed E-state index contributed by atoms with van der Waals surface area (Å²) in [6.45, 7) is 5.84. The molecule has 0 aromatic carbocycles. The van der Waals surface area contributed by atoms with Gasteiger partial charge in [-0.25, -0.2) is 9.97 Å². The van der Waals surface area contributed by atoms with Crippen molar-refractivity contribution in [2.24, 2.45) is 0 Å². The number of anilines is 1. The van der Waals surface area contributed by atoms with Gasteiger partial charge in [0, 0.05) is 45.9 Å². The number of hydrogen-bond acceptors (Lipinski definition) is 5. The lowest BCUT2D eigenvalue weighted by molar-refractivity contribution is -0.141. The molecule has 0 saturated carbocycles. The van der Waals surface area contributed by atoms with Crippen LogP contribution >= 0.6 is 0 Å². The van der Waals surface area contributed by atoms with Crippen LogP contribution in [0.5, 0.6) is 0 Å². The highest BCUT2D eigenvalue weighted by Gasteiger charge is 2.34. The predicted molar refractivity (Wildman–Crippen MR) is 72.3 cm³/mol. The van der Waals surface area contributed by atoms with E-state index >= 15 is 0 Å². The van der Waals surface area contributed by atoms with Crippen molar-refractivity contribution in [3.8, 4) is 0 Å². The van der Waals surface area contributed by atoms with Crippen molar-refractivity contribution in [1.82, 2.24) is 14.9 Å². The Morgan fingerprint density at radius 1 is 1.19 bits per heavy atom. The number of rotatable bonds is 4. The van der Waals surface area contributed by atoms with E-state index in [2.05, 4.69) is 14.9 Å². The molecule has 1 aliphatic heterocycles. The van der Waals surface area contributed by atoms with Crippen molar-refractivity contribution in [2.75, 3.05) is 51.3 Å².